The molecule has 0 heterocycles. The van der Waals surface area contributed by atoms with Crippen LogP contribution in [-0.2, 0) is 14.3 Å². The van der Waals surface area contributed by atoms with Gasteiger partial charge in [0, 0.05) is 12.0 Å². The number of esters is 1. The van der Waals surface area contributed by atoms with E-state index in [1.54, 1.807) is 24.3 Å². The Morgan fingerprint density at radius 2 is 1.61 bits per heavy atom. The fraction of sp³-hybridized carbons (Fsp3) is 0.318. The molecular weight excluding hydrogens is 358 g/mol. The SMILES string of the molecule is COc1ccc(C)cc1NC(=O)[C@H](C)OC(=O)CCC(=O)c1ccc(C)cc1. The van der Waals surface area contributed by atoms with E-state index in [1.807, 2.05) is 32.0 Å². The van der Waals surface area contributed by atoms with Gasteiger partial charge in [-0.15, -0.1) is 0 Å². The third-order valence-electron chi connectivity index (χ3n) is 4.22. The molecule has 1 N–H and O–H groups in total. The molecule has 0 fully saturated rings. The Kier molecular flexibility index (Phi) is 7.32. The summed E-state index contributed by atoms with van der Waals surface area (Å²) in [4.78, 5) is 36.4. The van der Waals surface area contributed by atoms with E-state index < -0.39 is 18.0 Å². The van der Waals surface area contributed by atoms with Crippen molar-refractivity contribution in [3.8, 4) is 5.75 Å². The summed E-state index contributed by atoms with van der Waals surface area (Å²) in [5, 5.41) is 2.70. The van der Waals surface area contributed by atoms with E-state index in [0.29, 0.717) is 17.0 Å². The molecule has 0 unspecified atom stereocenters. The van der Waals surface area contributed by atoms with Gasteiger partial charge >= 0.3 is 5.97 Å². The summed E-state index contributed by atoms with van der Waals surface area (Å²) < 4.78 is 10.4. The van der Waals surface area contributed by atoms with Gasteiger partial charge in [-0.1, -0.05) is 35.9 Å². The summed E-state index contributed by atoms with van der Waals surface area (Å²) in [6.07, 6.45) is -1.05. The van der Waals surface area contributed by atoms with E-state index in [-0.39, 0.29) is 18.6 Å². The first-order valence-corrected chi connectivity index (χ1v) is 9.05. The van der Waals surface area contributed by atoms with Gasteiger partial charge in [-0.2, -0.15) is 0 Å². The monoisotopic (exact) mass is 383 g/mol. The van der Waals surface area contributed by atoms with Crippen LogP contribution in [0.5, 0.6) is 5.75 Å². The standard InChI is InChI=1S/C22H25NO5/c1-14-5-8-17(9-6-14)19(24)10-12-21(25)28-16(3)22(26)23-18-13-15(2)7-11-20(18)27-4/h5-9,11,13,16H,10,12H2,1-4H3,(H,23,26)/t16-/m0/s1. The van der Waals surface area contributed by atoms with Gasteiger partial charge in [0.2, 0.25) is 0 Å². The number of hydrogen-bond donors (Lipinski definition) is 1. The normalized spacial score (nSPS) is 11.4. The molecule has 1 atom stereocenters. The van der Waals surface area contributed by atoms with Gasteiger partial charge in [-0.25, -0.2) is 0 Å². The van der Waals surface area contributed by atoms with Crippen molar-refractivity contribution >= 4 is 23.3 Å². The molecule has 2 rings (SSSR count). The number of Topliss-reactive ketones (excluding diaryl/α,β-unsaturated/α-hetero) is 1. The molecular formula is C22H25NO5. The van der Waals surface area contributed by atoms with Crippen LogP contribution in [0, 0.1) is 13.8 Å². The average Bonchev–Trinajstić information content (AvgIpc) is 2.66. The lowest BCUT2D eigenvalue weighted by Gasteiger charge is -2.15. The summed E-state index contributed by atoms with van der Waals surface area (Å²) in [5.74, 6) is -0.693. The van der Waals surface area contributed by atoms with E-state index in [2.05, 4.69) is 5.32 Å². The number of ketones is 1. The third kappa shape index (κ3) is 5.94. The molecule has 0 saturated heterocycles. The molecule has 0 radical (unpaired) electrons. The van der Waals surface area contributed by atoms with Gasteiger partial charge in [-0.3, -0.25) is 14.4 Å². The zero-order valence-electron chi connectivity index (χ0n) is 16.6. The van der Waals surface area contributed by atoms with E-state index >= 15 is 0 Å². The van der Waals surface area contributed by atoms with Crippen LogP contribution < -0.4 is 10.1 Å². The highest BCUT2D eigenvalue weighted by Gasteiger charge is 2.20. The van der Waals surface area contributed by atoms with Crippen molar-refractivity contribution in [2.45, 2.75) is 39.7 Å². The molecule has 0 aromatic heterocycles. The van der Waals surface area contributed by atoms with Crippen molar-refractivity contribution < 1.29 is 23.9 Å². The van der Waals surface area contributed by atoms with Crippen molar-refractivity contribution in [2.24, 2.45) is 0 Å². The van der Waals surface area contributed by atoms with Crippen LogP contribution in [0.3, 0.4) is 0 Å². The number of nitrogens with one attached hydrogen (secondary N) is 1. The topological polar surface area (TPSA) is 81.7 Å². The number of methoxy groups -OCH3 is 1. The number of benzene rings is 2. The van der Waals surface area contributed by atoms with Crippen molar-refractivity contribution in [1.82, 2.24) is 0 Å². The van der Waals surface area contributed by atoms with Crippen LogP contribution >= 0.6 is 0 Å². The second-order valence-corrected chi connectivity index (χ2v) is 6.61. The molecule has 148 valence electrons. The van der Waals surface area contributed by atoms with E-state index in [4.69, 9.17) is 9.47 Å². The van der Waals surface area contributed by atoms with Crippen LogP contribution in [0.2, 0.25) is 0 Å². The van der Waals surface area contributed by atoms with Crippen LogP contribution in [0.25, 0.3) is 0 Å². The smallest absolute Gasteiger partial charge is 0.307 e. The summed E-state index contributed by atoms with van der Waals surface area (Å²) in [6.45, 7) is 5.31. The lowest BCUT2D eigenvalue weighted by atomic mass is 10.1. The second kappa shape index (κ2) is 9.69. The maximum Gasteiger partial charge on any atom is 0.307 e. The number of ether oxygens (including phenoxy) is 2. The molecule has 0 aliphatic carbocycles. The highest BCUT2D eigenvalue weighted by atomic mass is 16.5. The average molecular weight is 383 g/mol. The van der Waals surface area contributed by atoms with Crippen LogP contribution in [0.1, 0.15) is 41.3 Å². The van der Waals surface area contributed by atoms with Gasteiger partial charge in [0.05, 0.1) is 19.2 Å². The number of carbonyl (C=O) groups is 3. The molecule has 2 aromatic rings. The van der Waals surface area contributed by atoms with Gasteiger partial charge in [0.25, 0.3) is 5.91 Å². The Morgan fingerprint density at radius 3 is 2.25 bits per heavy atom. The van der Waals surface area contributed by atoms with Gasteiger partial charge in [0.1, 0.15) is 5.75 Å². The lowest BCUT2D eigenvalue weighted by Crippen LogP contribution is -2.30. The highest BCUT2D eigenvalue weighted by Crippen LogP contribution is 2.25. The van der Waals surface area contributed by atoms with Crippen molar-refractivity contribution in [2.75, 3.05) is 12.4 Å². The van der Waals surface area contributed by atoms with E-state index in [1.165, 1.54) is 14.0 Å². The van der Waals surface area contributed by atoms with Crippen LogP contribution in [0.15, 0.2) is 42.5 Å². The Labute approximate surface area is 164 Å². The Hall–Kier alpha value is -3.15. The maximum absolute atomic E-state index is 12.3. The minimum Gasteiger partial charge on any atom is -0.495 e. The quantitative estimate of drug-likeness (QED) is 0.553. The number of aryl methyl sites for hydroxylation is 2. The summed E-state index contributed by atoms with van der Waals surface area (Å²) in [7, 11) is 1.51. The van der Waals surface area contributed by atoms with Crippen LogP contribution in [0.4, 0.5) is 5.69 Å². The van der Waals surface area contributed by atoms with Crippen LogP contribution in [-0.4, -0.2) is 30.9 Å². The molecule has 0 bridgehead atoms. The van der Waals surface area contributed by atoms with Gasteiger partial charge in [0.15, 0.2) is 11.9 Å². The Bertz CT molecular complexity index is 858. The Morgan fingerprint density at radius 1 is 0.964 bits per heavy atom. The minimum absolute atomic E-state index is 0.0297. The molecule has 1 amide bonds. The van der Waals surface area contributed by atoms with E-state index in [9.17, 15) is 14.4 Å². The molecule has 2 aromatic carbocycles. The molecule has 6 heteroatoms. The largest absolute Gasteiger partial charge is 0.495 e. The Balaban J connectivity index is 1.86. The molecule has 28 heavy (non-hydrogen) atoms. The fourth-order valence-electron chi connectivity index (χ4n) is 2.56. The summed E-state index contributed by atoms with van der Waals surface area (Å²) in [5.41, 5.74) is 3.07. The third-order valence-corrected chi connectivity index (χ3v) is 4.22. The molecule has 6 nitrogen and oxygen atoms in total. The zero-order valence-corrected chi connectivity index (χ0v) is 16.6. The maximum atomic E-state index is 12.3. The van der Waals surface area contributed by atoms with Crippen molar-refractivity contribution in [3.63, 3.8) is 0 Å². The minimum atomic E-state index is -0.993. The fourth-order valence-corrected chi connectivity index (χ4v) is 2.56. The predicted octanol–water partition coefficient (Wildman–Crippen LogP) is 3.85. The number of amides is 1. The second-order valence-electron chi connectivity index (χ2n) is 6.61. The molecule has 0 aliphatic rings. The lowest BCUT2D eigenvalue weighted by molar-refractivity contribution is -0.153. The number of carbonyl (C=O) groups excluding carboxylic acids is 3. The van der Waals surface area contributed by atoms with E-state index in [0.717, 1.165) is 11.1 Å². The number of hydrogen-bond acceptors (Lipinski definition) is 5. The molecule has 0 spiro atoms. The highest BCUT2D eigenvalue weighted by molar-refractivity contribution is 5.98. The summed E-state index contributed by atoms with van der Waals surface area (Å²) in [6, 6.07) is 12.5. The first-order chi connectivity index (χ1) is 13.3. The van der Waals surface area contributed by atoms with Gasteiger partial charge in [-0.05, 0) is 38.5 Å². The van der Waals surface area contributed by atoms with Crippen molar-refractivity contribution in [1.29, 1.82) is 0 Å². The first kappa shape index (κ1) is 21.2. The number of anilines is 1. The first-order valence-electron chi connectivity index (χ1n) is 9.05. The summed E-state index contributed by atoms with van der Waals surface area (Å²) >= 11 is 0. The number of rotatable bonds is 8. The van der Waals surface area contributed by atoms with Crippen molar-refractivity contribution in [3.05, 3.63) is 59.2 Å². The predicted molar refractivity (Wildman–Crippen MR) is 107 cm³/mol. The van der Waals surface area contributed by atoms with Gasteiger partial charge < -0.3 is 14.8 Å². The zero-order chi connectivity index (χ0) is 20.7. The molecule has 0 saturated carbocycles. The molecule has 0 aliphatic heterocycles.